The Bertz CT molecular complexity index is 919. The first-order valence-corrected chi connectivity index (χ1v) is 9.13. The zero-order valence-electron chi connectivity index (χ0n) is 14.9. The van der Waals surface area contributed by atoms with Gasteiger partial charge in [-0.1, -0.05) is 37.3 Å². The molecule has 26 heavy (non-hydrogen) atoms. The molecule has 134 valence electrons. The van der Waals surface area contributed by atoms with Crippen LogP contribution in [0, 0.1) is 5.92 Å². The van der Waals surface area contributed by atoms with Gasteiger partial charge in [0, 0.05) is 19.2 Å². The highest BCUT2D eigenvalue weighted by atomic mass is 16.2. The van der Waals surface area contributed by atoms with E-state index in [9.17, 15) is 4.79 Å². The van der Waals surface area contributed by atoms with Gasteiger partial charge >= 0.3 is 6.03 Å². The van der Waals surface area contributed by atoms with Crippen LogP contribution in [0.5, 0.6) is 0 Å². The van der Waals surface area contributed by atoms with Crippen molar-refractivity contribution in [2.75, 3.05) is 6.54 Å². The lowest BCUT2D eigenvalue weighted by molar-refractivity contribution is 0.233. The number of rotatable bonds is 5. The van der Waals surface area contributed by atoms with E-state index in [1.807, 2.05) is 34.9 Å². The summed E-state index contributed by atoms with van der Waals surface area (Å²) in [5.41, 5.74) is 3.43. The lowest BCUT2D eigenvalue weighted by atomic mass is 10.0. The van der Waals surface area contributed by atoms with E-state index >= 15 is 0 Å². The summed E-state index contributed by atoms with van der Waals surface area (Å²) < 4.78 is 1.98. The summed E-state index contributed by atoms with van der Waals surface area (Å²) in [6.07, 6.45) is 4.57. The van der Waals surface area contributed by atoms with Crippen molar-refractivity contribution in [1.82, 2.24) is 25.2 Å². The van der Waals surface area contributed by atoms with Crippen molar-refractivity contribution in [3.63, 3.8) is 0 Å². The predicted molar refractivity (Wildman–Crippen MR) is 99.9 cm³/mol. The second-order valence-electron chi connectivity index (χ2n) is 6.91. The van der Waals surface area contributed by atoms with E-state index in [1.54, 1.807) is 0 Å². The van der Waals surface area contributed by atoms with Crippen LogP contribution in [-0.2, 0) is 12.8 Å². The molecule has 2 amide bonds. The standard InChI is InChI=1S/C20H23N5O/c1-14-13-15-7-2-3-8-16(15)19(14)22-20(26)21-11-6-10-18-24-23-17-9-4-5-12-25(17)18/h2-5,7-9,12,14,19H,6,10-11,13H2,1H3,(H2,21,22,26)/t14-,19-/m0/s1. The Labute approximate surface area is 152 Å². The van der Waals surface area contributed by atoms with E-state index in [2.05, 4.69) is 46.0 Å². The topological polar surface area (TPSA) is 71.3 Å². The largest absolute Gasteiger partial charge is 0.338 e. The van der Waals surface area contributed by atoms with Gasteiger partial charge in [0.05, 0.1) is 6.04 Å². The molecule has 6 heteroatoms. The van der Waals surface area contributed by atoms with Gasteiger partial charge in [0.25, 0.3) is 0 Å². The Balaban J connectivity index is 1.27. The van der Waals surface area contributed by atoms with E-state index in [-0.39, 0.29) is 12.1 Å². The van der Waals surface area contributed by atoms with Crippen LogP contribution in [0.2, 0.25) is 0 Å². The number of urea groups is 1. The Hall–Kier alpha value is -2.89. The first-order valence-electron chi connectivity index (χ1n) is 9.13. The molecule has 3 aromatic rings. The molecule has 1 aromatic carbocycles. The SMILES string of the molecule is C[C@H]1Cc2ccccc2[C@H]1NC(=O)NCCCc1nnc2ccccn12. The minimum absolute atomic E-state index is 0.0895. The minimum Gasteiger partial charge on any atom is -0.338 e. The van der Waals surface area contributed by atoms with E-state index < -0.39 is 0 Å². The number of aryl methyl sites for hydroxylation is 1. The predicted octanol–water partition coefficient (Wildman–Crippen LogP) is 2.89. The summed E-state index contributed by atoms with van der Waals surface area (Å²) in [6.45, 7) is 2.79. The van der Waals surface area contributed by atoms with Gasteiger partial charge in [-0.3, -0.25) is 4.40 Å². The average molecular weight is 349 g/mol. The zero-order valence-corrected chi connectivity index (χ0v) is 14.9. The number of hydrogen-bond donors (Lipinski definition) is 2. The molecule has 0 radical (unpaired) electrons. The monoisotopic (exact) mass is 349 g/mol. The smallest absolute Gasteiger partial charge is 0.315 e. The van der Waals surface area contributed by atoms with Gasteiger partial charge in [-0.2, -0.15) is 0 Å². The Kier molecular flexibility index (Phi) is 4.56. The molecule has 2 N–H and O–H groups in total. The second kappa shape index (κ2) is 7.15. The van der Waals surface area contributed by atoms with E-state index in [0.717, 1.165) is 30.7 Å². The van der Waals surface area contributed by atoms with E-state index in [0.29, 0.717) is 12.5 Å². The lowest BCUT2D eigenvalue weighted by Gasteiger charge is -2.19. The maximum absolute atomic E-state index is 12.3. The third kappa shape index (κ3) is 3.27. The Morgan fingerprint density at radius 1 is 1.19 bits per heavy atom. The molecule has 2 aromatic heterocycles. The van der Waals surface area contributed by atoms with Crippen LogP contribution in [-0.4, -0.2) is 27.2 Å². The Morgan fingerprint density at radius 3 is 2.96 bits per heavy atom. The van der Waals surface area contributed by atoms with Crippen molar-refractivity contribution in [2.24, 2.45) is 5.92 Å². The van der Waals surface area contributed by atoms with Gasteiger partial charge in [-0.05, 0) is 42.0 Å². The number of nitrogens with one attached hydrogen (secondary N) is 2. The quantitative estimate of drug-likeness (QED) is 0.696. The number of carbonyl (C=O) groups excluding carboxylic acids is 1. The number of pyridine rings is 1. The molecule has 1 aliphatic rings. The number of benzene rings is 1. The zero-order chi connectivity index (χ0) is 17.9. The minimum atomic E-state index is -0.107. The molecule has 0 saturated carbocycles. The molecule has 4 rings (SSSR count). The van der Waals surface area contributed by atoms with Gasteiger partial charge < -0.3 is 10.6 Å². The van der Waals surface area contributed by atoms with Crippen molar-refractivity contribution in [3.05, 3.63) is 65.6 Å². The van der Waals surface area contributed by atoms with Crippen molar-refractivity contribution < 1.29 is 4.79 Å². The molecule has 0 fully saturated rings. The van der Waals surface area contributed by atoms with E-state index in [4.69, 9.17) is 0 Å². The van der Waals surface area contributed by atoms with Crippen LogP contribution in [0.15, 0.2) is 48.7 Å². The summed E-state index contributed by atoms with van der Waals surface area (Å²) in [7, 11) is 0. The fourth-order valence-corrected chi connectivity index (χ4v) is 3.72. The molecule has 0 unspecified atom stereocenters. The van der Waals surface area contributed by atoms with E-state index in [1.165, 1.54) is 11.1 Å². The number of carbonyl (C=O) groups is 1. The first-order chi connectivity index (χ1) is 12.7. The maximum Gasteiger partial charge on any atom is 0.315 e. The van der Waals surface area contributed by atoms with Crippen LogP contribution < -0.4 is 10.6 Å². The normalized spacial score (nSPS) is 18.7. The second-order valence-corrected chi connectivity index (χ2v) is 6.91. The van der Waals surface area contributed by atoms with Crippen LogP contribution in [0.4, 0.5) is 4.79 Å². The van der Waals surface area contributed by atoms with Crippen molar-refractivity contribution in [3.8, 4) is 0 Å². The summed E-state index contributed by atoms with van der Waals surface area (Å²) in [5.74, 6) is 1.33. The molecular formula is C20H23N5O. The van der Waals surface area contributed by atoms with Crippen LogP contribution in [0.3, 0.4) is 0 Å². The molecule has 0 bridgehead atoms. The number of hydrogen-bond acceptors (Lipinski definition) is 3. The van der Waals surface area contributed by atoms with Gasteiger partial charge in [0.1, 0.15) is 5.82 Å². The van der Waals surface area contributed by atoms with Crippen LogP contribution in [0.1, 0.15) is 36.3 Å². The summed E-state index contributed by atoms with van der Waals surface area (Å²) in [4.78, 5) is 12.3. The van der Waals surface area contributed by atoms with Gasteiger partial charge in [-0.15, -0.1) is 10.2 Å². The highest BCUT2D eigenvalue weighted by Crippen LogP contribution is 2.35. The molecular weight excluding hydrogens is 326 g/mol. The third-order valence-electron chi connectivity index (χ3n) is 5.03. The first kappa shape index (κ1) is 16.6. The molecule has 2 atom stereocenters. The van der Waals surface area contributed by atoms with Gasteiger partial charge in [0.15, 0.2) is 5.65 Å². The van der Waals surface area contributed by atoms with Crippen molar-refractivity contribution in [1.29, 1.82) is 0 Å². The summed E-state index contributed by atoms with van der Waals surface area (Å²) >= 11 is 0. The third-order valence-corrected chi connectivity index (χ3v) is 5.03. The number of nitrogens with zero attached hydrogens (tertiary/aromatic N) is 3. The van der Waals surface area contributed by atoms with Crippen LogP contribution >= 0.6 is 0 Å². The number of fused-ring (bicyclic) bond motifs is 2. The molecule has 6 nitrogen and oxygen atoms in total. The highest BCUT2D eigenvalue weighted by Gasteiger charge is 2.29. The fraction of sp³-hybridized carbons (Fsp3) is 0.350. The summed E-state index contributed by atoms with van der Waals surface area (Å²) in [5, 5.41) is 14.4. The van der Waals surface area contributed by atoms with Crippen molar-refractivity contribution >= 4 is 11.7 Å². The number of aromatic nitrogens is 3. The fourth-order valence-electron chi connectivity index (χ4n) is 3.72. The molecule has 1 aliphatic carbocycles. The van der Waals surface area contributed by atoms with Gasteiger partial charge in [-0.25, -0.2) is 4.79 Å². The van der Waals surface area contributed by atoms with Gasteiger partial charge in [0.2, 0.25) is 0 Å². The number of amides is 2. The molecule has 0 saturated heterocycles. The maximum atomic E-state index is 12.3. The molecule has 0 aliphatic heterocycles. The summed E-state index contributed by atoms with van der Waals surface area (Å²) in [6, 6.07) is 14.2. The molecule has 0 spiro atoms. The highest BCUT2D eigenvalue weighted by molar-refractivity contribution is 5.74. The Morgan fingerprint density at radius 2 is 2.04 bits per heavy atom. The van der Waals surface area contributed by atoms with Crippen LogP contribution in [0.25, 0.3) is 5.65 Å². The van der Waals surface area contributed by atoms with Crippen molar-refractivity contribution in [2.45, 2.75) is 32.2 Å². The lowest BCUT2D eigenvalue weighted by Crippen LogP contribution is -2.39. The molecule has 2 heterocycles. The average Bonchev–Trinajstić information content (AvgIpc) is 3.20.